The Kier molecular flexibility index (Phi) is 19.4. The molecule has 0 amide bonds. The van der Waals surface area contributed by atoms with Gasteiger partial charge in [0, 0.05) is 0 Å². The molecule has 0 aromatic heterocycles. The summed E-state index contributed by atoms with van der Waals surface area (Å²) in [6, 6.07) is 26.5. The SMILES string of the molecule is CCCCCCCCCCCCCCCCCC[Si](C)(c1ccccc1)[c-]1ccc2ccccc21.[Cl][Ti+]([Cl])[Cl]. The van der Waals surface area contributed by atoms with Crippen molar-refractivity contribution in [3.05, 3.63) is 66.7 Å². The average Bonchev–Trinajstić information content (AvgIpc) is 3.38. The van der Waals surface area contributed by atoms with E-state index < -0.39 is 22.8 Å². The van der Waals surface area contributed by atoms with Crippen LogP contribution in [0.3, 0.4) is 0 Å². The van der Waals surface area contributed by atoms with Crippen molar-refractivity contribution in [2.45, 2.75) is 122 Å². The Balaban J connectivity index is 0.00000124. The molecule has 0 spiro atoms. The van der Waals surface area contributed by atoms with Gasteiger partial charge < -0.3 is 0 Å². The zero-order valence-electron chi connectivity index (χ0n) is 24.5. The third-order valence-corrected chi connectivity index (χ3v) is 12.8. The minimum absolute atomic E-state index is 1.36. The molecule has 5 heteroatoms. The molecular formula is C34H51Cl3SiTi. The van der Waals surface area contributed by atoms with Gasteiger partial charge >= 0.3 is 42.6 Å². The van der Waals surface area contributed by atoms with Gasteiger partial charge in [-0.1, -0.05) is 164 Å². The Labute approximate surface area is 259 Å². The Morgan fingerprint density at radius 2 is 1.03 bits per heavy atom. The molecular weight excluding hydrogens is 591 g/mol. The summed E-state index contributed by atoms with van der Waals surface area (Å²) in [5.41, 5.74) is 0. The monoisotopic (exact) mass is 640 g/mol. The Bertz CT molecular complexity index is 988. The van der Waals surface area contributed by atoms with Gasteiger partial charge in [-0.05, 0) is 0 Å². The first kappa shape index (κ1) is 35.0. The molecule has 1 unspecified atom stereocenters. The molecule has 0 N–H and O–H groups in total. The molecule has 0 heterocycles. The first-order valence-corrected chi connectivity index (χ1v) is 24.7. The predicted molar refractivity (Wildman–Crippen MR) is 179 cm³/mol. The molecule has 216 valence electrons. The van der Waals surface area contributed by atoms with Gasteiger partial charge in [-0.15, -0.1) is 34.2 Å². The second-order valence-electron chi connectivity index (χ2n) is 11.3. The molecule has 0 saturated heterocycles. The maximum atomic E-state index is 4.97. The molecule has 0 bridgehead atoms. The molecule has 3 aromatic rings. The number of benzene rings is 2. The van der Waals surface area contributed by atoms with Crippen LogP contribution in [0, 0.1) is 0 Å². The quantitative estimate of drug-likeness (QED) is 0.0694. The predicted octanol–water partition coefficient (Wildman–Crippen LogP) is 12.1. The molecule has 0 radical (unpaired) electrons. The fourth-order valence-corrected chi connectivity index (χ4v) is 9.93. The third kappa shape index (κ3) is 14.0. The van der Waals surface area contributed by atoms with Crippen LogP contribution < -0.4 is 10.4 Å². The Morgan fingerprint density at radius 3 is 1.54 bits per heavy atom. The summed E-state index contributed by atoms with van der Waals surface area (Å²) in [7, 11) is 13.2. The molecule has 0 saturated carbocycles. The van der Waals surface area contributed by atoms with E-state index >= 15 is 0 Å². The van der Waals surface area contributed by atoms with Gasteiger partial charge in [0.05, 0.1) is 8.07 Å². The van der Waals surface area contributed by atoms with Crippen LogP contribution in [0.1, 0.15) is 110 Å². The Hall–Kier alpha value is -0.149. The fraction of sp³-hybridized carbons (Fsp3) is 0.559. The van der Waals surface area contributed by atoms with Crippen molar-refractivity contribution in [1.29, 1.82) is 0 Å². The van der Waals surface area contributed by atoms with Crippen LogP contribution in [0.5, 0.6) is 0 Å². The van der Waals surface area contributed by atoms with E-state index in [1.807, 2.05) is 0 Å². The zero-order chi connectivity index (χ0) is 28.2. The summed E-state index contributed by atoms with van der Waals surface area (Å²) in [4.78, 5) is 0. The van der Waals surface area contributed by atoms with E-state index in [2.05, 4.69) is 80.2 Å². The van der Waals surface area contributed by atoms with E-state index in [9.17, 15) is 0 Å². The first-order valence-electron chi connectivity index (χ1n) is 15.5. The van der Waals surface area contributed by atoms with Crippen molar-refractivity contribution in [1.82, 2.24) is 0 Å². The van der Waals surface area contributed by atoms with Gasteiger partial charge in [0.15, 0.2) is 0 Å². The van der Waals surface area contributed by atoms with E-state index in [4.69, 9.17) is 27.9 Å². The third-order valence-electron chi connectivity index (χ3n) is 8.22. The summed E-state index contributed by atoms with van der Waals surface area (Å²) < 4.78 is 0. The first-order chi connectivity index (χ1) is 19.0. The van der Waals surface area contributed by atoms with Gasteiger partial charge in [0.2, 0.25) is 0 Å². The normalized spacial score (nSPS) is 12.6. The maximum absolute atomic E-state index is 4.97. The minimum atomic E-state index is -1.92. The van der Waals surface area contributed by atoms with Crippen LogP contribution in [0.2, 0.25) is 12.6 Å². The molecule has 0 aliphatic rings. The summed E-state index contributed by atoms with van der Waals surface area (Å²) in [6.45, 7) is 4.91. The van der Waals surface area contributed by atoms with Gasteiger partial charge in [-0.25, -0.2) is 0 Å². The number of unbranched alkanes of at least 4 members (excludes halogenated alkanes) is 15. The van der Waals surface area contributed by atoms with Crippen molar-refractivity contribution in [3.63, 3.8) is 0 Å². The van der Waals surface area contributed by atoms with Crippen LogP contribution in [-0.2, 0) is 14.7 Å². The second kappa shape index (κ2) is 21.5. The van der Waals surface area contributed by atoms with Crippen LogP contribution in [-0.4, -0.2) is 8.07 Å². The van der Waals surface area contributed by atoms with Crippen molar-refractivity contribution in [2.75, 3.05) is 0 Å². The van der Waals surface area contributed by atoms with Crippen molar-refractivity contribution < 1.29 is 14.7 Å². The van der Waals surface area contributed by atoms with E-state index in [0.29, 0.717) is 0 Å². The summed E-state index contributed by atoms with van der Waals surface area (Å²) in [5.74, 6) is 0. The van der Waals surface area contributed by atoms with E-state index in [0.717, 1.165) is 0 Å². The number of halogens is 3. The molecule has 1 atom stereocenters. The molecule has 0 aliphatic carbocycles. The van der Waals surface area contributed by atoms with E-state index in [1.54, 1.807) is 10.4 Å². The molecule has 3 aromatic carbocycles. The van der Waals surface area contributed by atoms with Crippen molar-refractivity contribution in [3.8, 4) is 0 Å². The molecule has 3 rings (SSSR count). The van der Waals surface area contributed by atoms with Gasteiger partial charge in [0.1, 0.15) is 0 Å². The van der Waals surface area contributed by atoms with Crippen LogP contribution >= 0.6 is 27.9 Å². The molecule has 39 heavy (non-hydrogen) atoms. The van der Waals surface area contributed by atoms with Crippen LogP contribution in [0.25, 0.3) is 10.8 Å². The topological polar surface area (TPSA) is 0 Å². The number of hydrogen-bond acceptors (Lipinski definition) is 0. The summed E-state index contributed by atoms with van der Waals surface area (Å²) >= 11 is -1.92. The second-order valence-corrected chi connectivity index (χ2v) is 23.3. The average molecular weight is 642 g/mol. The molecule has 0 fully saturated rings. The van der Waals surface area contributed by atoms with Gasteiger partial charge in [0.25, 0.3) is 0 Å². The summed E-state index contributed by atoms with van der Waals surface area (Å²) in [5, 5.41) is 6.13. The summed E-state index contributed by atoms with van der Waals surface area (Å²) in [6.07, 6.45) is 23.0. The number of fused-ring (bicyclic) bond motifs is 1. The molecule has 0 nitrogen and oxygen atoms in total. The number of rotatable bonds is 19. The zero-order valence-corrected chi connectivity index (χ0v) is 29.3. The van der Waals surface area contributed by atoms with Gasteiger partial charge in [-0.2, -0.15) is 12.1 Å². The van der Waals surface area contributed by atoms with Crippen LogP contribution in [0.4, 0.5) is 0 Å². The number of hydrogen-bond donors (Lipinski definition) is 0. The fourth-order valence-electron chi connectivity index (χ4n) is 5.90. The van der Waals surface area contributed by atoms with Crippen LogP contribution in [0.15, 0.2) is 66.7 Å². The van der Waals surface area contributed by atoms with E-state index in [1.165, 1.54) is 120 Å². The van der Waals surface area contributed by atoms with Crippen molar-refractivity contribution in [2.24, 2.45) is 0 Å². The van der Waals surface area contributed by atoms with Gasteiger partial charge in [-0.3, -0.25) is 0 Å². The Morgan fingerprint density at radius 1 is 0.590 bits per heavy atom. The van der Waals surface area contributed by atoms with E-state index in [-0.39, 0.29) is 0 Å². The van der Waals surface area contributed by atoms with Crippen molar-refractivity contribution >= 4 is 57.1 Å². The standard InChI is InChI=1S/C34H51Si.3ClH.Ti/c1-3-4-5-6-7-8-9-10-11-12-13-14-15-16-17-23-30-35(2,32-25-19-18-20-26-32)34-29-28-31-24-21-22-27-33(31)34;;;;/h18-22,24-29H,3-17,23,30H2,1-2H3;3*1H;/q-1;;;;+4/p-3. The molecule has 0 aliphatic heterocycles.